The van der Waals surface area contributed by atoms with Gasteiger partial charge < -0.3 is 9.84 Å². The van der Waals surface area contributed by atoms with Crippen molar-refractivity contribution in [3.63, 3.8) is 0 Å². The maximum atomic E-state index is 12.3. The summed E-state index contributed by atoms with van der Waals surface area (Å²) in [6.07, 6.45) is -4.82. The van der Waals surface area contributed by atoms with Crippen molar-refractivity contribution in [3.05, 3.63) is 59.9 Å². The number of aromatic carboxylic acids is 1. The van der Waals surface area contributed by atoms with Gasteiger partial charge in [-0.15, -0.1) is 12.4 Å². The van der Waals surface area contributed by atoms with E-state index >= 15 is 0 Å². The number of carbonyl (C=O) groups is 2. The van der Waals surface area contributed by atoms with Gasteiger partial charge in [0.15, 0.2) is 0 Å². The first-order valence-electron chi connectivity index (χ1n) is 5.94. The van der Waals surface area contributed by atoms with Crippen LogP contribution in [0.4, 0.5) is 13.2 Å². The van der Waals surface area contributed by atoms with Crippen LogP contribution in [0.15, 0.2) is 48.7 Å². The predicted molar refractivity (Wildman–Crippen MR) is 78.8 cm³/mol. The molecule has 0 saturated heterocycles. The lowest BCUT2D eigenvalue weighted by Gasteiger charge is -2.10. The molecule has 0 fully saturated rings. The quantitative estimate of drug-likeness (QED) is 0.668. The Balaban J connectivity index is 0.00000264. The van der Waals surface area contributed by atoms with Crippen LogP contribution in [0, 0.1) is 0 Å². The Morgan fingerprint density at radius 2 is 1.48 bits per heavy atom. The van der Waals surface area contributed by atoms with Gasteiger partial charge in [-0.05, 0) is 35.0 Å². The van der Waals surface area contributed by atoms with Gasteiger partial charge in [0.2, 0.25) is 5.76 Å². The molecule has 0 heterocycles. The van der Waals surface area contributed by atoms with Gasteiger partial charge in [0.05, 0.1) is 11.1 Å². The number of carboxylic acids is 1. The van der Waals surface area contributed by atoms with E-state index in [9.17, 15) is 22.8 Å². The number of allylic oxidation sites excluding steroid dienone is 1. The fourth-order valence-corrected chi connectivity index (χ4v) is 1.73. The molecular weight excluding hydrogens is 337 g/mol. The highest BCUT2D eigenvalue weighted by atomic mass is 35.5. The molecule has 0 amide bonds. The zero-order chi connectivity index (χ0) is 16.5. The Hall–Kier alpha value is -2.54. The van der Waals surface area contributed by atoms with E-state index in [1.54, 1.807) is 0 Å². The smallest absolute Gasteiger partial charge is 0.449 e. The van der Waals surface area contributed by atoms with Gasteiger partial charge in [0.1, 0.15) is 0 Å². The Morgan fingerprint density at radius 3 is 1.96 bits per heavy atom. The molecule has 8 heteroatoms. The first kappa shape index (κ1) is 18.5. The zero-order valence-electron chi connectivity index (χ0n) is 11.4. The van der Waals surface area contributed by atoms with Gasteiger partial charge in [-0.3, -0.25) is 0 Å². The lowest BCUT2D eigenvalue weighted by molar-refractivity contribution is -0.122. The molecule has 0 aromatic heterocycles. The Morgan fingerprint density at radius 1 is 1.00 bits per heavy atom. The van der Waals surface area contributed by atoms with E-state index in [1.165, 1.54) is 36.4 Å². The number of carbonyl (C=O) groups excluding carboxylic acids is 1. The normalized spacial score (nSPS) is 10.7. The van der Waals surface area contributed by atoms with Gasteiger partial charge in [-0.1, -0.05) is 18.7 Å². The average molecular weight is 347 g/mol. The van der Waals surface area contributed by atoms with E-state index < -0.39 is 23.9 Å². The molecule has 122 valence electrons. The summed E-state index contributed by atoms with van der Waals surface area (Å²) in [6.45, 7) is 2.65. The highest BCUT2D eigenvalue weighted by Crippen LogP contribution is 2.26. The maximum absolute atomic E-state index is 12.3. The predicted octanol–water partition coefficient (Wildman–Crippen LogP) is 4.19. The van der Waals surface area contributed by atoms with E-state index in [0.717, 1.165) is 0 Å². The third-order valence-corrected chi connectivity index (χ3v) is 2.85. The minimum atomic E-state index is -4.82. The van der Waals surface area contributed by atoms with Crippen LogP contribution in [0.25, 0.3) is 10.8 Å². The van der Waals surface area contributed by atoms with Crippen LogP contribution in [-0.4, -0.2) is 23.2 Å². The van der Waals surface area contributed by atoms with E-state index in [0.29, 0.717) is 10.8 Å². The summed E-state index contributed by atoms with van der Waals surface area (Å²) in [7, 11) is 0. The number of halogens is 4. The molecule has 0 radical (unpaired) electrons. The second-order valence-corrected chi connectivity index (χ2v) is 4.39. The molecule has 0 atom stereocenters. The molecule has 0 bridgehead atoms. The summed E-state index contributed by atoms with van der Waals surface area (Å²) in [5.41, 5.74) is -0.0331. The summed E-state index contributed by atoms with van der Waals surface area (Å²) >= 11 is 0. The van der Waals surface area contributed by atoms with Crippen molar-refractivity contribution >= 4 is 35.1 Å². The summed E-state index contributed by atoms with van der Waals surface area (Å²) in [5, 5.41) is 9.90. The van der Waals surface area contributed by atoms with Crippen molar-refractivity contribution in [1.29, 1.82) is 0 Å². The molecule has 2 rings (SSSR count). The number of hydrogen-bond donors (Lipinski definition) is 1. The number of ether oxygens (including phenoxy) is 1. The molecule has 0 aliphatic carbocycles. The van der Waals surface area contributed by atoms with Crippen molar-refractivity contribution in [2.24, 2.45) is 0 Å². The van der Waals surface area contributed by atoms with Gasteiger partial charge in [0.25, 0.3) is 0 Å². The molecule has 0 spiro atoms. The average Bonchev–Trinajstić information content (AvgIpc) is 2.44. The van der Waals surface area contributed by atoms with Crippen LogP contribution < -0.4 is 0 Å². The second-order valence-electron chi connectivity index (χ2n) is 4.39. The van der Waals surface area contributed by atoms with Gasteiger partial charge in [-0.2, -0.15) is 13.2 Å². The lowest BCUT2D eigenvalue weighted by atomic mass is 10.0. The first-order valence-corrected chi connectivity index (χ1v) is 5.94. The van der Waals surface area contributed by atoms with Crippen LogP contribution in [-0.2, 0) is 4.74 Å². The fourth-order valence-electron chi connectivity index (χ4n) is 1.73. The number of rotatable bonds is 3. The zero-order valence-corrected chi connectivity index (χ0v) is 12.2. The highest BCUT2D eigenvalue weighted by Gasteiger charge is 2.35. The molecular formula is C15H10ClF3O4. The number of esters is 1. The molecule has 0 saturated carbocycles. The lowest BCUT2D eigenvalue weighted by Crippen LogP contribution is -2.17. The second kappa shape index (κ2) is 6.70. The Kier molecular flexibility index (Phi) is 5.39. The summed E-state index contributed by atoms with van der Waals surface area (Å²) in [5.74, 6) is -3.89. The van der Waals surface area contributed by atoms with Gasteiger partial charge in [-0.25, -0.2) is 9.59 Å². The molecule has 0 unspecified atom stereocenters. The summed E-state index contributed by atoms with van der Waals surface area (Å²) in [4.78, 5) is 22.5. The van der Waals surface area contributed by atoms with Crippen LogP contribution in [0.2, 0.25) is 0 Å². The molecule has 0 aliphatic rings. The standard InChI is InChI=1S/C15H9F3O4.ClH/c1-8(15(16,17)18)22-14(21)12-5-3-9-6-11(13(19)20)4-2-10(9)7-12;/h2-7H,1H2,(H,19,20);1H. The van der Waals surface area contributed by atoms with Crippen molar-refractivity contribution in [2.45, 2.75) is 6.18 Å². The number of alkyl halides is 3. The van der Waals surface area contributed by atoms with E-state index in [2.05, 4.69) is 11.3 Å². The topological polar surface area (TPSA) is 63.6 Å². The van der Waals surface area contributed by atoms with Crippen molar-refractivity contribution in [2.75, 3.05) is 0 Å². The van der Waals surface area contributed by atoms with Crippen LogP contribution in [0.1, 0.15) is 20.7 Å². The van der Waals surface area contributed by atoms with Gasteiger partial charge in [0, 0.05) is 0 Å². The van der Waals surface area contributed by atoms with Gasteiger partial charge >= 0.3 is 18.1 Å². The van der Waals surface area contributed by atoms with E-state index in [1.807, 2.05) is 0 Å². The molecule has 0 aliphatic heterocycles. The van der Waals surface area contributed by atoms with E-state index in [-0.39, 0.29) is 23.5 Å². The minimum Gasteiger partial charge on any atom is -0.478 e. The molecule has 23 heavy (non-hydrogen) atoms. The highest BCUT2D eigenvalue weighted by molar-refractivity contribution is 5.98. The third-order valence-electron chi connectivity index (χ3n) is 2.85. The monoisotopic (exact) mass is 346 g/mol. The Labute approximate surface area is 134 Å². The maximum Gasteiger partial charge on any atom is 0.449 e. The number of fused-ring (bicyclic) bond motifs is 1. The van der Waals surface area contributed by atoms with Crippen LogP contribution in [0.3, 0.4) is 0 Å². The molecule has 1 N–H and O–H groups in total. The fraction of sp³-hybridized carbons (Fsp3) is 0.0667. The number of carboxylic acid groups (broad SMARTS) is 1. The minimum absolute atomic E-state index is 0. The van der Waals surface area contributed by atoms with Crippen LogP contribution >= 0.6 is 12.4 Å². The number of hydrogen-bond acceptors (Lipinski definition) is 3. The molecule has 2 aromatic carbocycles. The van der Waals surface area contributed by atoms with Crippen molar-refractivity contribution in [3.8, 4) is 0 Å². The SMILES string of the molecule is C=C(OC(=O)c1ccc2cc(C(=O)O)ccc2c1)C(F)(F)F.Cl. The third kappa shape index (κ3) is 4.23. The largest absolute Gasteiger partial charge is 0.478 e. The van der Waals surface area contributed by atoms with Crippen LogP contribution in [0.5, 0.6) is 0 Å². The molecule has 4 nitrogen and oxygen atoms in total. The van der Waals surface area contributed by atoms with E-state index in [4.69, 9.17) is 5.11 Å². The summed E-state index contributed by atoms with van der Waals surface area (Å²) in [6, 6.07) is 8.16. The van der Waals surface area contributed by atoms with Crippen molar-refractivity contribution in [1.82, 2.24) is 0 Å². The Bertz CT molecular complexity index is 784. The molecule has 2 aromatic rings. The van der Waals surface area contributed by atoms with Crippen molar-refractivity contribution < 1.29 is 32.6 Å². The number of benzene rings is 2. The first-order chi connectivity index (χ1) is 10.2. The summed E-state index contributed by atoms with van der Waals surface area (Å²) < 4.78 is 41.0.